The highest BCUT2D eigenvalue weighted by molar-refractivity contribution is 5.71. The maximum Gasteiger partial charge on any atom is 0.166 e. The van der Waals surface area contributed by atoms with E-state index in [0.717, 1.165) is 63.2 Å². The predicted molar refractivity (Wildman–Crippen MR) is 193 cm³/mol. The lowest BCUT2D eigenvalue weighted by Crippen LogP contribution is -2.25. The highest BCUT2D eigenvalue weighted by Gasteiger charge is 2.32. The van der Waals surface area contributed by atoms with Gasteiger partial charge in [0.2, 0.25) is 0 Å². The third-order valence-corrected chi connectivity index (χ3v) is 11.6. The molecule has 0 N–H and O–H groups in total. The van der Waals surface area contributed by atoms with Gasteiger partial charge in [-0.05, 0) is 110 Å². The zero-order valence-corrected chi connectivity index (χ0v) is 29.2. The fourth-order valence-electron chi connectivity index (χ4n) is 8.59. The van der Waals surface area contributed by atoms with Crippen LogP contribution >= 0.6 is 0 Å². The SMILES string of the molecule is C=CCCC1CCC(C2CCC(c3ccc(-c4ccc(-c5ccc(CCCCCCCCCC)c(F)c5F)cc4)c(F)c3F)CC2)CC1. The van der Waals surface area contributed by atoms with Gasteiger partial charge in [-0.1, -0.05) is 119 Å². The molecule has 0 heterocycles. The molecule has 0 radical (unpaired) electrons. The zero-order chi connectivity index (χ0) is 33.9. The van der Waals surface area contributed by atoms with E-state index in [1.807, 2.05) is 6.08 Å². The molecule has 3 aromatic carbocycles. The van der Waals surface area contributed by atoms with Crippen molar-refractivity contribution in [2.45, 2.75) is 135 Å². The molecule has 48 heavy (non-hydrogen) atoms. The van der Waals surface area contributed by atoms with Crippen LogP contribution in [-0.2, 0) is 6.42 Å². The van der Waals surface area contributed by atoms with Crippen LogP contribution in [0.1, 0.15) is 140 Å². The molecule has 0 unspecified atom stereocenters. The van der Waals surface area contributed by atoms with E-state index in [9.17, 15) is 4.39 Å². The molecule has 4 heteroatoms. The Morgan fingerprint density at radius 2 is 1.10 bits per heavy atom. The van der Waals surface area contributed by atoms with Gasteiger partial charge in [0.05, 0.1) is 0 Å². The maximum atomic E-state index is 15.5. The average Bonchev–Trinajstić information content (AvgIpc) is 3.12. The van der Waals surface area contributed by atoms with Crippen molar-refractivity contribution in [3.63, 3.8) is 0 Å². The minimum atomic E-state index is -0.854. The Morgan fingerprint density at radius 1 is 0.583 bits per heavy atom. The molecule has 0 bridgehead atoms. The van der Waals surface area contributed by atoms with Gasteiger partial charge < -0.3 is 0 Å². The summed E-state index contributed by atoms with van der Waals surface area (Å²) in [6.45, 7) is 6.07. The summed E-state index contributed by atoms with van der Waals surface area (Å²) < 4.78 is 61.2. The molecule has 3 aromatic rings. The number of hydrogen-bond donors (Lipinski definition) is 0. The summed E-state index contributed by atoms with van der Waals surface area (Å²) >= 11 is 0. The Balaban J connectivity index is 1.15. The molecule has 2 saturated carbocycles. The van der Waals surface area contributed by atoms with Crippen molar-refractivity contribution < 1.29 is 17.6 Å². The van der Waals surface area contributed by atoms with Crippen LogP contribution in [0.4, 0.5) is 17.6 Å². The van der Waals surface area contributed by atoms with Crippen LogP contribution in [0.25, 0.3) is 22.3 Å². The Bertz CT molecular complexity index is 1440. The smallest absolute Gasteiger partial charge is 0.166 e. The van der Waals surface area contributed by atoms with E-state index in [4.69, 9.17) is 0 Å². The summed E-state index contributed by atoms with van der Waals surface area (Å²) in [5.74, 6) is -0.848. The molecule has 0 atom stereocenters. The van der Waals surface area contributed by atoms with Gasteiger partial charge in [0, 0.05) is 11.1 Å². The summed E-state index contributed by atoms with van der Waals surface area (Å²) in [6, 6.07) is 13.4. The van der Waals surface area contributed by atoms with E-state index in [1.165, 1.54) is 64.2 Å². The lowest BCUT2D eigenvalue weighted by atomic mass is 9.68. The van der Waals surface area contributed by atoms with Gasteiger partial charge in [-0.2, -0.15) is 0 Å². The van der Waals surface area contributed by atoms with Gasteiger partial charge in [0.25, 0.3) is 0 Å². The molecule has 5 rings (SSSR count). The number of allylic oxidation sites excluding steroid dienone is 1. The topological polar surface area (TPSA) is 0 Å². The number of hydrogen-bond acceptors (Lipinski definition) is 0. The van der Waals surface area contributed by atoms with Crippen LogP contribution < -0.4 is 0 Å². The number of benzene rings is 3. The Labute approximate surface area is 287 Å². The second-order valence-electron chi connectivity index (χ2n) is 14.8. The number of aryl methyl sites for hydroxylation is 1. The van der Waals surface area contributed by atoms with E-state index in [2.05, 4.69) is 13.5 Å². The fourth-order valence-corrected chi connectivity index (χ4v) is 8.59. The van der Waals surface area contributed by atoms with E-state index in [-0.39, 0.29) is 17.0 Å². The Hall–Kier alpha value is -2.88. The van der Waals surface area contributed by atoms with Crippen molar-refractivity contribution in [3.8, 4) is 22.3 Å². The summed E-state index contributed by atoms with van der Waals surface area (Å²) in [5, 5.41) is 0. The first-order valence-electron chi connectivity index (χ1n) is 19.1. The van der Waals surface area contributed by atoms with Crippen molar-refractivity contribution in [2.75, 3.05) is 0 Å². The molecule has 0 aromatic heterocycles. The van der Waals surface area contributed by atoms with Crippen LogP contribution in [0.3, 0.4) is 0 Å². The van der Waals surface area contributed by atoms with Crippen molar-refractivity contribution in [3.05, 3.63) is 95.6 Å². The maximum absolute atomic E-state index is 15.5. The molecule has 260 valence electrons. The third kappa shape index (κ3) is 9.21. The van der Waals surface area contributed by atoms with Crippen molar-refractivity contribution in [2.24, 2.45) is 17.8 Å². The van der Waals surface area contributed by atoms with Crippen LogP contribution in [-0.4, -0.2) is 0 Å². The lowest BCUT2D eigenvalue weighted by molar-refractivity contribution is 0.156. The van der Waals surface area contributed by atoms with Gasteiger partial charge in [0.1, 0.15) is 0 Å². The average molecular weight is 661 g/mol. The normalized spacial score (nSPS) is 21.4. The van der Waals surface area contributed by atoms with E-state index < -0.39 is 23.3 Å². The summed E-state index contributed by atoms with van der Waals surface area (Å²) in [6.07, 6.45) is 23.4. The molecular weight excluding hydrogens is 604 g/mol. The third-order valence-electron chi connectivity index (χ3n) is 11.6. The molecular formula is C44H56F4. The Morgan fingerprint density at radius 3 is 1.69 bits per heavy atom. The van der Waals surface area contributed by atoms with Gasteiger partial charge in [-0.25, -0.2) is 17.6 Å². The molecule has 2 aliphatic carbocycles. The van der Waals surface area contributed by atoms with E-state index in [0.29, 0.717) is 34.6 Å². The largest absolute Gasteiger partial charge is 0.203 e. The minimum Gasteiger partial charge on any atom is -0.203 e. The van der Waals surface area contributed by atoms with Crippen LogP contribution in [0, 0.1) is 41.0 Å². The molecule has 2 fully saturated rings. The zero-order valence-electron chi connectivity index (χ0n) is 29.2. The molecule has 0 spiro atoms. The van der Waals surface area contributed by atoms with Gasteiger partial charge in [-0.15, -0.1) is 6.58 Å². The van der Waals surface area contributed by atoms with Gasteiger partial charge in [0.15, 0.2) is 23.3 Å². The summed E-state index contributed by atoms with van der Waals surface area (Å²) in [5.41, 5.74) is 2.29. The minimum absolute atomic E-state index is 0.0486. The molecule has 0 saturated heterocycles. The first-order chi connectivity index (χ1) is 23.4. The molecule has 0 amide bonds. The second-order valence-corrected chi connectivity index (χ2v) is 14.8. The Kier molecular flexibility index (Phi) is 13.8. The molecule has 2 aliphatic rings. The number of rotatable bonds is 16. The van der Waals surface area contributed by atoms with Crippen molar-refractivity contribution >= 4 is 0 Å². The predicted octanol–water partition coefficient (Wildman–Crippen LogP) is 14.3. The standard InChI is InChI=1S/C44H56F4/c1-3-5-7-8-9-10-11-12-14-37-27-28-38(42(46)41(37)45)35-23-25-36(26-24-35)40-30-29-39(43(47)44(40)48)34-21-19-33(20-22-34)32-17-15-31(16-18-32)13-6-4-2/h4,23-34H,2-3,5-22H2,1H3. The lowest BCUT2D eigenvalue weighted by Gasteiger charge is -2.38. The van der Waals surface area contributed by atoms with Crippen LogP contribution in [0.5, 0.6) is 0 Å². The highest BCUT2D eigenvalue weighted by Crippen LogP contribution is 2.45. The second kappa shape index (κ2) is 18.2. The van der Waals surface area contributed by atoms with Crippen molar-refractivity contribution in [1.29, 1.82) is 0 Å². The fraction of sp³-hybridized carbons (Fsp3) is 0.545. The summed E-state index contributed by atoms with van der Waals surface area (Å²) in [4.78, 5) is 0. The first kappa shape index (κ1) is 36.4. The summed E-state index contributed by atoms with van der Waals surface area (Å²) in [7, 11) is 0. The number of halogens is 4. The van der Waals surface area contributed by atoms with E-state index >= 15 is 13.2 Å². The van der Waals surface area contributed by atoms with E-state index in [1.54, 1.807) is 48.5 Å². The molecule has 0 aliphatic heterocycles. The number of unbranched alkanes of at least 4 members (excludes halogenated alkanes) is 7. The highest BCUT2D eigenvalue weighted by atomic mass is 19.2. The quantitative estimate of drug-likeness (QED) is 0.0815. The monoisotopic (exact) mass is 660 g/mol. The van der Waals surface area contributed by atoms with Gasteiger partial charge >= 0.3 is 0 Å². The van der Waals surface area contributed by atoms with Crippen molar-refractivity contribution in [1.82, 2.24) is 0 Å². The van der Waals surface area contributed by atoms with Crippen LogP contribution in [0.15, 0.2) is 61.2 Å². The first-order valence-corrected chi connectivity index (χ1v) is 19.1. The van der Waals surface area contributed by atoms with Gasteiger partial charge in [-0.3, -0.25) is 0 Å². The molecule has 0 nitrogen and oxygen atoms in total. The van der Waals surface area contributed by atoms with Crippen LogP contribution in [0.2, 0.25) is 0 Å².